The van der Waals surface area contributed by atoms with E-state index in [9.17, 15) is 19.8 Å². The summed E-state index contributed by atoms with van der Waals surface area (Å²) in [5.74, 6) is -2.57. The lowest BCUT2D eigenvalue weighted by Crippen LogP contribution is -2.30. The molecule has 0 fully saturated rings. The molecule has 0 bridgehead atoms. The SMILES string of the molecule is CN(C)CCc1c(C(=O)[O-])ccc(C(=O)[O-])c1CCN(C)C. The highest BCUT2D eigenvalue weighted by Crippen LogP contribution is 2.21. The highest BCUT2D eigenvalue weighted by molar-refractivity contribution is 5.93. The van der Waals surface area contributed by atoms with Gasteiger partial charge >= 0.3 is 0 Å². The van der Waals surface area contributed by atoms with Gasteiger partial charge in [-0.25, -0.2) is 0 Å². The van der Waals surface area contributed by atoms with Crippen LogP contribution in [0.2, 0.25) is 0 Å². The van der Waals surface area contributed by atoms with E-state index in [0.717, 1.165) is 0 Å². The summed E-state index contributed by atoms with van der Waals surface area (Å²) in [6.07, 6.45) is 0.889. The zero-order valence-electron chi connectivity index (χ0n) is 13.5. The van der Waals surface area contributed by atoms with E-state index in [1.807, 2.05) is 38.0 Å². The minimum atomic E-state index is -1.29. The van der Waals surface area contributed by atoms with Gasteiger partial charge in [0.25, 0.3) is 0 Å². The van der Waals surface area contributed by atoms with E-state index in [0.29, 0.717) is 37.1 Å². The van der Waals surface area contributed by atoms with Gasteiger partial charge in [0, 0.05) is 24.2 Å². The molecule has 122 valence electrons. The van der Waals surface area contributed by atoms with Crippen molar-refractivity contribution in [1.29, 1.82) is 0 Å². The molecular weight excluding hydrogens is 284 g/mol. The van der Waals surface area contributed by atoms with Gasteiger partial charge in [0.05, 0.1) is 11.9 Å². The molecule has 0 aliphatic rings. The van der Waals surface area contributed by atoms with Crippen molar-refractivity contribution in [3.8, 4) is 0 Å². The highest BCUT2D eigenvalue weighted by Gasteiger charge is 2.15. The van der Waals surface area contributed by atoms with Crippen molar-refractivity contribution < 1.29 is 19.8 Å². The first kappa shape index (κ1) is 18.1. The zero-order valence-corrected chi connectivity index (χ0v) is 13.5. The molecular formula is C16H22N2O4-2. The summed E-state index contributed by atoms with van der Waals surface area (Å²) in [7, 11) is 7.50. The van der Waals surface area contributed by atoms with Crippen LogP contribution < -0.4 is 10.2 Å². The second-order valence-corrected chi connectivity index (χ2v) is 5.80. The summed E-state index contributed by atoms with van der Waals surface area (Å²) in [5.41, 5.74) is 1.16. The van der Waals surface area contributed by atoms with Crippen molar-refractivity contribution in [3.05, 3.63) is 34.4 Å². The molecule has 0 N–H and O–H groups in total. The van der Waals surface area contributed by atoms with Gasteiger partial charge in [0.1, 0.15) is 0 Å². The van der Waals surface area contributed by atoms with Crippen LogP contribution in [0.25, 0.3) is 0 Å². The Morgan fingerprint density at radius 1 is 0.818 bits per heavy atom. The largest absolute Gasteiger partial charge is 0.545 e. The van der Waals surface area contributed by atoms with E-state index in [2.05, 4.69) is 0 Å². The Hall–Kier alpha value is -1.92. The van der Waals surface area contributed by atoms with Gasteiger partial charge in [-0.05, 0) is 52.2 Å². The van der Waals surface area contributed by atoms with Crippen LogP contribution in [0.1, 0.15) is 31.8 Å². The van der Waals surface area contributed by atoms with E-state index in [1.165, 1.54) is 12.1 Å². The molecule has 0 unspecified atom stereocenters. The lowest BCUT2D eigenvalue weighted by molar-refractivity contribution is -0.256. The third-order valence-electron chi connectivity index (χ3n) is 3.49. The van der Waals surface area contributed by atoms with Gasteiger partial charge in [-0.1, -0.05) is 12.1 Å². The quantitative estimate of drug-likeness (QED) is 0.588. The summed E-state index contributed by atoms with van der Waals surface area (Å²) < 4.78 is 0. The van der Waals surface area contributed by atoms with Crippen LogP contribution in [0.5, 0.6) is 0 Å². The molecule has 0 atom stereocenters. The summed E-state index contributed by atoms with van der Waals surface area (Å²) in [4.78, 5) is 26.5. The number of hydrogen-bond acceptors (Lipinski definition) is 6. The van der Waals surface area contributed by atoms with Crippen LogP contribution in [0.3, 0.4) is 0 Å². The normalized spacial score (nSPS) is 11.2. The van der Waals surface area contributed by atoms with Crippen LogP contribution in [0, 0.1) is 0 Å². The number of benzene rings is 1. The number of likely N-dealkylation sites (N-methyl/N-ethyl adjacent to an activating group) is 2. The standard InChI is InChI=1S/C16H24N2O4/c1-17(2)9-7-11-12(8-10-18(3)4)14(16(21)22)6-5-13(11)15(19)20/h5-6H,7-10H2,1-4H3,(H,19,20)(H,21,22)/p-2. The van der Waals surface area contributed by atoms with Crippen molar-refractivity contribution in [2.24, 2.45) is 0 Å². The van der Waals surface area contributed by atoms with Crippen molar-refractivity contribution >= 4 is 11.9 Å². The molecule has 1 aromatic rings. The second-order valence-electron chi connectivity index (χ2n) is 5.80. The van der Waals surface area contributed by atoms with Gasteiger partial charge in [-0.15, -0.1) is 0 Å². The molecule has 0 saturated heterocycles. The summed E-state index contributed by atoms with van der Waals surface area (Å²) in [6, 6.07) is 2.59. The number of carboxylic acids is 2. The Balaban J connectivity index is 3.36. The smallest absolute Gasteiger partial charge is 0.0718 e. The Labute approximate surface area is 131 Å². The number of carboxylic acid groups (broad SMARTS) is 2. The minimum Gasteiger partial charge on any atom is -0.545 e. The molecule has 6 nitrogen and oxygen atoms in total. The first-order chi connectivity index (χ1) is 10.2. The van der Waals surface area contributed by atoms with Gasteiger partial charge < -0.3 is 29.6 Å². The maximum atomic E-state index is 11.3. The van der Waals surface area contributed by atoms with Crippen molar-refractivity contribution in [3.63, 3.8) is 0 Å². The van der Waals surface area contributed by atoms with Crippen molar-refractivity contribution in [2.75, 3.05) is 41.3 Å². The maximum absolute atomic E-state index is 11.3. The Bertz CT molecular complexity index is 504. The van der Waals surface area contributed by atoms with Crippen LogP contribution >= 0.6 is 0 Å². The van der Waals surface area contributed by atoms with Crippen LogP contribution in [0.15, 0.2) is 12.1 Å². The van der Waals surface area contributed by atoms with Crippen molar-refractivity contribution in [2.45, 2.75) is 12.8 Å². The first-order valence-electron chi connectivity index (χ1n) is 7.11. The average Bonchev–Trinajstić information content (AvgIpc) is 2.41. The van der Waals surface area contributed by atoms with E-state index in [-0.39, 0.29) is 11.1 Å². The predicted octanol–water partition coefficient (Wildman–Crippen LogP) is -1.38. The van der Waals surface area contributed by atoms with Crippen LogP contribution in [-0.4, -0.2) is 63.0 Å². The monoisotopic (exact) mass is 306 g/mol. The topological polar surface area (TPSA) is 86.7 Å². The first-order valence-corrected chi connectivity index (χ1v) is 7.11. The molecule has 1 aromatic carbocycles. The molecule has 0 saturated carbocycles. The molecule has 0 radical (unpaired) electrons. The maximum Gasteiger partial charge on any atom is 0.0718 e. The number of nitrogens with zero attached hydrogens (tertiary/aromatic N) is 2. The molecule has 0 aromatic heterocycles. The number of hydrogen-bond donors (Lipinski definition) is 0. The van der Waals surface area contributed by atoms with Gasteiger partial charge in [-0.3, -0.25) is 0 Å². The predicted molar refractivity (Wildman–Crippen MR) is 79.6 cm³/mol. The van der Waals surface area contributed by atoms with Gasteiger partial charge in [-0.2, -0.15) is 0 Å². The molecule has 0 spiro atoms. The Morgan fingerprint density at radius 3 is 1.36 bits per heavy atom. The average molecular weight is 306 g/mol. The fraction of sp³-hybridized carbons (Fsp3) is 0.500. The fourth-order valence-electron chi connectivity index (χ4n) is 2.32. The van der Waals surface area contributed by atoms with Crippen LogP contribution in [-0.2, 0) is 12.8 Å². The molecule has 0 aliphatic carbocycles. The number of carbonyl (C=O) groups is 2. The Morgan fingerprint density at radius 2 is 1.14 bits per heavy atom. The number of rotatable bonds is 8. The third kappa shape index (κ3) is 4.82. The van der Waals surface area contributed by atoms with E-state index in [4.69, 9.17) is 0 Å². The third-order valence-corrected chi connectivity index (χ3v) is 3.49. The zero-order chi connectivity index (χ0) is 16.9. The molecule has 22 heavy (non-hydrogen) atoms. The lowest BCUT2D eigenvalue weighted by Gasteiger charge is -2.22. The molecule has 0 aliphatic heterocycles. The second kappa shape index (κ2) is 7.91. The molecule has 6 heteroatoms. The summed E-state index contributed by atoms with van der Waals surface area (Å²) in [6.45, 7) is 1.23. The van der Waals surface area contributed by atoms with E-state index in [1.54, 1.807) is 0 Å². The Kier molecular flexibility index (Phi) is 6.52. The summed E-state index contributed by atoms with van der Waals surface area (Å²) in [5, 5.41) is 22.7. The molecule has 1 rings (SSSR count). The number of carbonyl (C=O) groups excluding carboxylic acids is 2. The van der Waals surface area contributed by atoms with E-state index >= 15 is 0 Å². The van der Waals surface area contributed by atoms with Crippen molar-refractivity contribution in [1.82, 2.24) is 9.80 Å². The van der Waals surface area contributed by atoms with Gasteiger partial charge in [0.2, 0.25) is 0 Å². The summed E-state index contributed by atoms with van der Waals surface area (Å²) >= 11 is 0. The van der Waals surface area contributed by atoms with Crippen LogP contribution in [0.4, 0.5) is 0 Å². The van der Waals surface area contributed by atoms with E-state index < -0.39 is 11.9 Å². The lowest BCUT2D eigenvalue weighted by atomic mass is 9.91. The highest BCUT2D eigenvalue weighted by atomic mass is 16.4. The molecule has 0 amide bonds. The minimum absolute atomic E-state index is 0.0561. The molecule has 0 heterocycles. The number of aromatic carboxylic acids is 2. The fourth-order valence-corrected chi connectivity index (χ4v) is 2.32. The van der Waals surface area contributed by atoms with Gasteiger partial charge in [0.15, 0.2) is 0 Å².